The van der Waals surface area contributed by atoms with Crippen LogP contribution >= 0.6 is 23.4 Å². The quantitative estimate of drug-likeness (QED) is 0.717. The van der Waals surface area contributed by atoms with Gasteiger partial charge >= 0.3 is 0 Å². The van der Waals surface area contributed by atoms with Gasteiger partial charge in [0.25, 0.3) is 0 Å². The Morgan fingerprint density at radius 3 is 2.36 bits per heavy atom. The average Bonchev–Trinajstić information content (AvgIpc) is 2.95. The van der Waals surface area contributed by atoms with Gasteiger partial charge in [0.2, 0.25) is 17.7 Å². The Labute approximate surface area is 169 Å². The lowest BCUT2D eigenvalue weighted by Crippen LogP contribution is -2.31. The van der Waals surface area contributed by atoms with Crippen molar-refractivity contribution in [2.45, 2.75) is 11.7 Å². The molecule has 0 saturated carbocycles. The van der Waals surface area contributed by atoms with E-state index >= 15 is 0 Å². The Balaban J connectivity index is 1.59. The van der Waals surface area contributed by atoms with E-state index < -0.39 is 23.0 Å². The summed E-state index contributed by atoms with van der Waals surface area (Å²) in [7, 11) is 0. The van der Waals surface area contributed by atoms with Crippen LogP contribution in [0.1, 0.15) is 16.8 Å². The van der Waals surface area contributed by atoms with Crippen molar-refractivity contribution in [1.29, 1.82) is 0 Å². The number of carbonyl (C=O) groups excluding carboxylic acids is 4. The van der Waals surface area contributed by atoms with E-state index in [1.54, 1.807) is 24.3 Å². The first-order valence-corrected chi connectivity index (χ1v) is 9.63. The Morgan fingerprint density at radius 2 is 1.75 bits per heavy atom. The Bertz CT molecular complexity index is 930. The van der Waals surface area contributed by atoms with Crippen molar-refractivity contribution < 1.29 is 24.3 Å². The Morgan fingerprint density at radius 1 is 1.11 bits per heavy atom. The first-order chi connectivity index (χ1) is 13.3. The number of benzene rings is 2. The van der Waals surface area contributed by atoms with E-state index in [1.165, 1.54) is 24.3 Å². The summed E-state index contributed by atoms with van der Waals surface area (Å²) in [5.41, 5.74) is 0.819. The maximum absolute atomic E-state index is 12.6. The van der Waals surface area contributed by atoms with Gasteiger partial charge in [-0.3, -0.25) is 14.4 Å². The fourth-order valence-electron chi connectivity index (χ4n) is 2.66. The SMILES string of the molecule is O=C(CS[C@@H]1CC(=O)N(c2ccc(C(=O)[O-])cc2)C1=O)Nc1ccc(Cl)cc1. The van der Waals surface area contributed by atoms with Gasteiger partial charge in [-0.05, 0) is 42.0 Å². The molecular weight excluding hydrogens is 404 g/mol. The molecule has 1 N–H and O–H groups in total. The van der Waals surface area contributed by atoms with Crippen molar-refractivity contribution in [3.05, 3.63) is 59.1 Å². The van der Waals surface area contributed by atoms with Crippen molar-refractivity contribution in [1.82, 2.24) is 0 Å². The second-order valence-corrected chi connectivity index (χ2v) is 7.59. The van der Waals surface area contributed by atoms with Crippen LogP contribution in [0.4, 0.5) is 11.4 Å². The molecule has 0 aromatic heterocycles. The largest absolute Gasteiger partial charge is 0.545 e. The minimum atomic E-state index is -1.34. The highest BCUT2D eigenvalue weighted by Gasteiger charge is 2.40. The summed E-state index contributed by atoms with van der Waals surface area (Å²) in [6.45, 7) is 0. The van der Waals surface area contributed by atoms with E-state index in [4.69, 9.17) is 11.6 Å². The van der Waals surface area contributed by atoms with Crippen molar-refractivity contribution in [2.75, 3.05) is 16.0 Å². The summed E-state index contributed by atoms with van der Waals surface area (Å²) in [5, 5.41) is 13.4. The zero-order chi connectivity index (χ0) is 20.3. The molecule has 1 aliphatic rings. The van der Waals surface area contributed by atoms with Crippen molar-refractivity contribution in [2.24, 2.45) is 0 Å². The fraction of sp³-hybridized carbons (Fsp3) is 0.158. The van der Waals surface area contributed by atoms with Crippen LogP contribution in [0, 0.1) is 0 Å². The average molecular weight is 418 g/mol. The number of nitrogens with zero attached hydrogens (tertiary/aromatic N) is 1. The van der Waals surface area contributed by atoms with Gasteiger partial charge in [0.15, 0.2) is 0 Å². The van der Waals surface area contributed by atoms with Gasteiger partial charge in [-0.2, -0.15) is 0 Å². The fourth-order valence-corrected chi connectivity index (χ4v) is 3.72. The number of amides is 3. The standard InChI is InChI=1S/C19H15ClN2O5S/c20-12-3-5-13(6-4-12)21-16(23)10-28-15-9-17(24)22(18(15)25)14-7-1-11(2-8-14)19(26)27/h1-8,15H,9-10H2,(H,21,23)(H,26,27)/p-1/t15-/m1/s1. The number of hydrogen-bond donors (Lipinski definition) is 1. The van der Waals surface area contributed by atoms with Crippen molar-refractivity contribution >= 4 is 58.4 Å². The first kappa shape index (κ1) is 19.9. The molecule has 2 aromatic carbocycles. The Kier molecular flexibility index (Phi) is 6.01. The molecule has 1 heterocycles. The minimum Gasteiger partial charge on any atom is -0.545 e. The number of halogens is 1. The molecule has 1 fully saturated rings. The lowest BCUT2D eigenvalue weighted by molar-refractivity contribution is -0.255. The summed E-state index contributed by atoms with van der Waals surface area (Å²) < 4.78 is 0. The molecule has 2 aromatic rings. The second kappa shape index (κ2) is 8.45. The molecule has 9 heteroatoms. The predicted molar refractivity (Wildman–Crippen MR) is 104 cm³/mol. The minimum absolute atomic E-state index is 0.00374. The molecule has 0 unspecified atom stereocenters. The summed E-state index contributed by atoms with van der Waals surface area (Å²) in [5.74, 6) is -2.48. The third-order valence-corrected chi connectivity index (χ3v) is 5.46. The molecule has 0 bridgehead atoms. The van der Waals surface area contributed by atoms with Crippen molar-refractivity contribution in [3.8, 4) is 0 Å². The number of aromatic carboxylic acids is 1. The summed E-state index contributed by atoms with van der Waals surface area (Å²) in [6.07, 6.45) is -0.0278. The van der Waals surface area contributed by atoms with Gasteiger partial charge in [-0.25, -0.2) is 4.90 Å². The van der Waals surface area contributed by atoms with E-state index in [2.05, 4.69) is 5.32 Å². The van der Waals surface area contributed by atoms with E-state index in [-0.39, 0.29) is 29.3 Å². The maximum Gasteiger partial charge on any atom is 0.247 e. The van der Waals surface area contributed by atoms with E-state index in [0.717, 1.165) is 16.7 Å². The lowest BCUT2D eigenvalue weighted by atomic mass is 10.2. The number of imide groups is 1. The first-order valence-electron chi connectivity index (χ1n) is 8.20. The number of carboxylic acids is 1. The normalized spacial score (nSPS) is 16.3. The summed E-state index contributed by atoms with van der Waals surface area (Å²) >= 11 is 6.87. The molecule has 0 radical (unpaired) electrons. The van der Waals surface area contributed by atoms with Gasteiger partial charge in [0, 0.05) is 17.1 Å². The van der Waals surface area contributed by atoms with Crippen LogP contribution < -0.4 is 15.3 Å². The molecule has 0 spiro atoms. The monoisotopic (exact) mass is 417 g/mol. The highest BCUT2D eigenvalue weighted by molar-refractivity contribution is 8.01. The van der Waals surface area contributed by atoms with Crippen LogP contribution in [0.15, 0.2) is 48.5 Å². The van der Waals surface area contributed by atoms with Gasteiger partial charge in [-0.1, -0.05) is 23.7 Å². The Hall–Kier alpha value is -2.84. The molecule has 1 atom stereocenters. The van der Waals surface area contributed by atoms with Crippen LogP contribution in [0.3, 0.4) is 0 Å². The van der Waals surface area contributed by atoms with Crippen LogP contribution in [-0.4, -0.2) is 34.7 Å². The number of rotatable bonds is 6. The summed E-state index contributed by atoms with van der Waals surface area (Å²) in [4.78, 5) is 48.7. The second-order valence-electron chi connectivity index (χ2n) is 5.96. The molecular formula is C19H14ClN2O5S-. The topological polar surface area (TPSA) is 107 Å². The van der Waals surface area contributed by atoms with E-state index in [0.29, 0.717) is 10.7 Å². The molecule has 144 valence electrons. The molecule has 7 nitrogen and oxygen atoms in total. The van der Waals surface area contributed by atoms with Crippen LogP contribution in [0.25, 0.3) is 0 Å². The highest BCUT2D eigenvalue weighted by Crippen LogP contribution is 2.30. The maximum atomic E-state index is 12.6. The molecule has 1 saturated heterocycles. The van der Waals surface area contributed by atoms with E-state index in [9.17, 15) is 24.3 Å². The number of carboxylic acid groups (broad SMARTS) is 1. The molecule has 0 aliphatic carbocycles. The number of anilines is 2. The highest BCUT2D eigenvalue weighted by atomic mass is 35.5. The third kappa shape index (κ3) is 4.52. The van der Waals surface area contributed by atoms with Gasteiger partial charge in [0.05, 0.1) is 22.7 Å². The zero-order valence-electron chi connectivity index (χ0n) is 14.4. The lowest BCUT2D eigenvalue weighted by Gasteiger charge is -2.15. The number of hydrogen-bond acceptors (Lipinski definition) is 6. The zero-order valence-corrected chi connectivity index (χ0v) is 16.0. The van der Waals surface area contributed by atoms with Crippen molar-refractivity contribution in [3.63, 3.8) is 0 Å². The number of nitrogens with one attached hydrogen (secondary N) is 1. The molecule has 3 rings (SSSR count). The molecule has 3 amide bonds. The smallest absolute Gasteiger partial charge is 0.247 e. The van der Waals surface area contributed by atoms with E-state index in [1.807, 2.05) is 0 Å². The number of carbonyl (C=O) groups is 4. The van der Waals surface area contributed by atoms with Crippen LogP contribution in [0.2, 0.25) is 5.02 Å². The summed E-state index contributed by atoms with van der Waals surface area (Å²) in [6, 6.07) is 11.9. The van der Waals surface area contributed by atoms with Gasteiger partial charge in [0.1, 0.15) is 0 Å². The molecule has 1 aliphatic heterocycles. The van der Waals surface area contributed by atoms with Crippen LogP contribution in [-0.2, 0) is 14.4 Å². The third-order valence-electron chi connectivity index (χ3n) is 4.01. The predicted octanol–water partition coefficient (Wildman–Crippen LogP) is 1.71. The van der Waals surface area contributed by atoms with Gasteiger partial charge < -0.3 is 15.2 Å². The number of thioether (sulfide) groups is 1. The van der Waals surface area contributed by atoms with Crippen LogP contribution in [0.5, 0.6) is 0 Å². The molecule has 28 heavy (non-hydrogen) atoms. The van der Waals surface area contributed by atoms with Gasteiger partial charge in [-0.15, -0.1) is 11.8 Å².